The first-order valence-corrected chi connectivity index (χ1v) is 5.44. The normalized spacial score (nSPS) is 10.1. The van der Waals surface area contributed by atoms with Gasteiger partial charge in [0.2, 0.25) is 5.88 Å². The van der Waals surface area contributed by atoms with Crippen molar-refractivity contribution in [3.63, 3.8) is 0 Å². The van der Waals surface area contributed by atoms with E-state index in [0.717, 1.165) is 11.3 Å². The molecular weight excluding hydrogens is 232 g/mol. The molecule has 1 aromatic carbocycles. The number of nitrogens with two attached hydrogens (primary N) is 1. The first-order valence-electron chi connectivity index (χ1n) is 5.44. The molecule has 94 valence electrons. The summed E-state index contributed by atoms with van der Waals surface area (Å²) in [6.45, 7) is 2.30. The number of ether oxygens (including phenoxy) is 1. The number of aromatic amines is 1. The van der Waals surface area contributed by atoms with Crippen molar-refractivity contribution in [2.24, 2.45) is 5.84 Å². The van der Waals surface area contributed by atoms with E-state index >= 15 is 0 Å². The van der Waals surface area contributed by atoms with Gasteiger partial charge in [0.1, 0.15) is 6.61 Å². The number of hydrogen-bond acceptors (Lipinski definition) is 4. The van der Waals surface area contributed by atoms with Gasteiger partial charge in [-0.1, -0.05) is 12.1 Å². The molecule has 0 bridgehead atoms. The van der Waals surface area contributed by atoms with Crippen molar-refractivity contribution in [3.8, 4) is 5.88 Å². The summed E-state index contributed by atoms with van der Waals surface area (Å²) in [5.74, 6) is 5.28. The van der Waals surface area contributed by atoms with E-state index in [1.165, 1.54) is 0 Å². The Morgan fingerprint density at radius 2 is 2.17 bits per heavy atom. The number of nitrogen functional groups attached to an aromatic ring is 1. The molecule has 0 unspecified atom stereocenters. The van der Waals surface area contributed by atoms with E-state index in [1.54, 1.807) is 12.1 Å². The van der Waals surface area contributed by atoms with Crippen LogP contribution in [0.5, 0.6) is 5.88 Å². The summed E-state index contributed by atoms with van der Waals surface area (Å²) in [5, 5.41) is 6.76. The first kappa shape index (κ1) is 12.1. The lowest BCUT2D eigenvalue weighted by Gasteiger charge is -2.04. The maximum absolute atomic E-state index is 11.2. The molecule has 1 heterocycles. The van der Waals surface area contributed by atoms with Crippen LogP contribution in [0.2, 0.25) is 0 Å². The van der Waals surface area contributed by atoms with Gasteiger partial charge in [-0.2, -0.15) is 0 Å². The SMILES string of the molecule is Cc1cc(OCc2ccc(C(=O)NN)cc2)n[nH]1. The average molecular weight is 246 g/mol. The Bertz CT molecular complexity index is 533. The average Bonchev–Trinajstić information content (AvgIpc) is 2.82. The summed E-state index contributed by atoms with van der Waals surface area (Å²) >= 11 is 0. The van der Waals surface area contributed by atoms with Gasteiger partial charge in [-0.15, -0.1) is 5.10 Å². The maximum atomic E-state index is 11.2. The molecule has 1 amide bonds. The van der Waals surface area contributed by atoms with E-state index in [4.69, 9.17) is 10.6 Å². The van der Waals surface area contributed by atoms with Crippen LogP contribution in [0.4, 0.5) is 0 Å². The number of benzene rings is 1. The molecule has 0 saturated carbocycles. The smallest absolute Gasteiger partial charge is 0.265 e. The quantitative estimate of drug-likeness (QED) is 0.424. The number of carbonyl (C=O) groups is 1. The Balaban J connectivity index is 1.96. The molecule has 0 spiro atoms. The van der Waals surface area contributed by atoms with Crippen LogP contribution in [0.3, 0.4) is 0 Å². The second-order valence-electron chi connectivity index (χ2n) is 3.85. The van der Waals surface area contributed by atoms with Gasteiger partial charge in [0.05, 0.1) is 0 Å². The minimum Gasteiger partial charge on any atom is -0.472 e. The summed E-state index contributed by atoms with van der Waals surface area (Å²) < 4.78 is 5.47. The van der Waals surface area contributed by atoms with Gasteiger partial charge in [-0.25, -0.2) is 5.84 Å². The van der Waals surface area contributed by atoms with Crippen LogP contribution >= 0.6 is 0 Å². The summed E-state index contributed by atoms with van der Waals surface area (Å²) in [4.78, 5) is 11.2. The third kappa shape index (κ3) is 2.86. The highest BCUT2D eigenvalue weighted by atomic mass is 16.5. The van der Waals surface area contributed by atoms with Crippen molar-refractivity contribution in [1.82, 2.24) is 15.6 Å². The zero-order chi connectivity index (χ0) is 13.0. The topological polar surface area (TPSA) is 93.0 Å². The molecule has 4 N–H and O–H groups in total. The van der Waals surface area contributed by atoms with E-state index in [2.05, 4.69) is 15.6 Å². The number of hydrogen-bond donors (Lipinski definition) is 3. The van der Waals surface area contributed by atoms with Gasteiger partial charge in [0.15, 0.2) is 0 Å². The lowest BCUT2D eigenvalue weighted by molar-refractivity contribution is 0.0953. The predicted octanol–water partition coefficient (Wildman–Crippen LogP) is 0.901. The molecule has 1 aromatic heterocycles. The number of nitrogens with one attached hydrogen (secondary N) is 2. The molecule has 6 heteroatoms. The van der Waals surface area contributed by atoms with Crippen LogP contribution < -0.4 is 16.0 Å². The molecule has 6 nitrogen and oxygen atoms in total. The summed E-state index contributed by atoms with van der Waals surface area (Å²) in [7, 11) is 0. The summed E-state index contributed by atoms with van der Waals surface area (Å²) in [6, 6.07) is 8.82. The highest BCUT2D eigenvalue weighted by molar-refractivity contribution is 5.93. The van der Waals surface area contributed by atoms with Crippen LogP contribution in [-0.4, -0.2) is 16.1 Å². The van der Waals surface area contributed by atoms with Crippen molar-refractivity contribution >= 4 is 5.91 Å². The molecule has 0 aliphatic heterocycles. The lowest BCUT2D eigenvalue weighted by atomic mass is 10.1. The van der Waals surface area contributed by atoms with Crippen molar-refractivity contribution in [2.45, 2.75) is 13.5 Å². The van der Waals surface area contributed by atoms with Crippen LogP contribution in [0.15, 0.2) is 30.3 Å². The number of aryl methyl sites for hydroxylation is 1. The summed E-state index contributed by atoms with van der Waals surface area (Å²) in [6.07, 6.45) is 0. The van der Waals surface area contributed by atoms with Gasteiger partial charge < -0.3 is 4.74 Å². The van der Waals surface area contributed by atoms with Crippen LogP contribution in [0, 0.1) is 6.92 Å². The van der Waals surface area contributed by atoms with E-state index in [9.17, 15) is 4.79 Å². The minimum absolute atomic E-state index is 0.314. The Kier molecular flexibility index (Phi) is 3.59. The van der Waals surface area contributed by atoms with Crippen LogP contribution in [-0.2, 0) is 6.61 Å². The number of nitrogens with zero attached hydrogens (tertiary/aromatic N) is 1. The predicted molar refractivity (Wildman–Crippen MR) is 65.8 cm³/mol. The van der Waals surface area contributed by atoms with Gasteiger partial charge in [0, 0.05) is 17.3 Å². The van der Waals surface area contributed by atoms with Crippen LogP contribution in [0.25, 0.3) is 0 Å². The van der Waals surface area contributed by atoms with Gasteiger partial charge in [-0.05, 0) is 24.6 Å². The fourth-order valence-corrected chi connectivity index (χ4v) is 1.46. The maximum Gasteiger partial charge on any atom is 0.265 e. The largest absolute Gasteiger partial charge is 0.472 e. The Hall–Kier alpha value is -2.34. The van der Waals surface area contributed by atoms with E-state index < -0.39 is 0 Å². The van der Waals surface area contributed by atoms with Gasteiger partial charge >= 0.3 is 0 Å². The van der Waals surface area contributed by atoms with Gasteiger partial charge in [-0.3, -0.25) is 15.3 Å². The first-order chi connectivity index (χ1) is 8.69. The van der Waals surface area contributed by atoms with Crippen molar-refractivity contribution in [1.29, 1.82) is 0 Å². The number of amides is 1. The Labute approximate surface area is 104 Å². The monoisotopic (exact) mass is 246 g/mol. The molecule has 2 aromatic rings. The second kappa shape index (κ2) is 5.33. The number of H-pyrrole nitrogens is 1. The molecule has 0 radical (unpaired) electrons. The fraction of sp³-hybridized carbons (Fsp3) is 0.167. The molecule has 0 fully saturated rings. The molecule has 18 heavy (non-hydrogen) atoms. The highest BCUT2D eigenvalue weighted by Crippen LogP contribution is 2.11. The third-order valence-corrected chi connectivity index (χ3v) is 2.42. The summed E-state index contributed by atoms with van der Waals surface area (Å²) in [5.41, 5.74) is 4.48. The van der Waals surface area contributed by atoms with E-state index in [-0.39, 0.29) is 5.91 Å². The lowest BCUT2D eigenvalue weighted by Crippen LogP contribution is -2.29. The number of rotatable bonds is 4. The molecule has 2 rings (SSSR count). The molecule has 0 saturated heterocycles. The second-order valence-corrected chi connectivity index (χ2v) is 3.85. The van der Waals surface area contributed by atoms with E-state index in [1.807, 2.05) is 25.1 Å². The van der Waals surface area contributed by atoms with E-state index in [0.29, 0.717) is 18.1 Å². The Morgan fingerprint density at radius 1 is 1.44 bits per heavy atom. The number of hydrazine groups is 1. The molecule has 0 atom stereocenters. The zero-order valence-electron chi connectivity index (χ0n) is 9.93. The third-order valence-electron chi connectivity index (χ3n) is 2.42. The van der Waals surface area contributed by atoms with Crippen molar-refractivity contribution in [3.05, 3.63) is 47.2 Å². The van der Waals surface area contributed by atoms with Crippen molar-refractivity contribution in [2.75, 3.05) is 0 Å². The number of aromatic nitrogens is 2. The van der Waals surface area contributed by atoms with Crippen LogP contribution in [0.1, 0.15) is 21.6 Å². The fourth-order valence-electron chi connectivity index (χ4n) is 1.46. The standard InChI is InChI=1S/C12H14N4O2/c1-8-6-11(16-15-8)18-7-9-2-4-10(5-3-9)12(17)14-13/h2-6H,7,13H2,1H3,(H,14,17)(H,15,16). The highest BCUT2D eigenvalue weighted by Gasteiger charge is 2.03. The number of carbonyl (C=O) groups excluding carboxylic acids is 1. The minimum atomic E-state index is -0.314. The Morgan fingerprint density at radius 3 is 2.72 bits per heavy atom. The van der Waals surface area contributed by atoms with Gasteiger partial charge in [0.25, 0.3) is 5.91 Å². The molecular formula is C12H14N4O2. The molecule has 0 aliphatic rings. The van der Waals surface area contributed by atoms with Crippen molar-refractivity contribution < 1.29 is 9.53 Å². The molecule has 0 aliphatic carbocycles. The zero-order valence-corrected chi connectivity index (χ0v) is 9.93.